The zero-order chi connectivity index (χ0) is 15.6. The van der Waals surface area contributed by atoms with E-state index < -0.39 is 8.87 Å². The quantitative estimate of drug-likeness (QED) is 0.162. The van der Waals surface area contributed by atoms with Crippen LogP contribution in [0.4, 0.5) is 0 Å². The molecule has 0 unspecified atom stereocenters. The molecule has 1 aromatic rings. The van der Waals surface area contributed by atoms with Crippen molar-refractivity contribution in [2.24, 2.45) is 0 Å². The average Bonchev–Trinajstić information content (AvgIpc) is 2.46. The molecule has 0 atom stereocenters. The lowest BCUT2D eigenvalue weighted by Gasteiger charge is -2.02. The Kier molecular flexibility index (Phi) is 14.1. The second-order valence-corrected chi connectivity index (χ2v) is 22.7. The van der Waals surface area contributed by atoms with Gasteiger partial charge in [0.1, 0.15) is 0 Å². The molecule has 0 aliphatic heterocycles. The summed E-state index contributed by atoms with van der Waals surface area (Å²) in [6.45, 7) is 0. The van der Waals surface area contributed by atoms with Crippen molar-refractivity contribution in [2.75, 3.05) is 0 Å². The molecule has 3 nitrogen and oxygen atoms in total. The van der Waals surface area contributed by atoms with Crippen LogP contribution in [0, 0.1) is 0 Å². The molecule has 0 saturated heterocycles. The summed E-state index contributed by atoms with van der Waals surface area (Å²) in [6.07, 6.45) is 0. The average molecular weight is 558 g/mol. The van der Waals surface area contributed by atoms with Gasteiger partial charge in [0.2, 0.25) is 8.87 Å². The van der Waals surface area contributed by atoms with Crippen molar-refractivity contribution in [3.63, 3.8) is 0 Å². The molecule has 21 heavy (non-hydrogen) atoms. The first-order valence-corrected chi connectivity index (χ1v) is 20.0. The van der Waals surface area contributed by atoms with Gasteiger partial charge in [0, 0.05) is 83.1 Å². The molecule has 0 saturated carbocycles. The lowest BCUT2D eigenvalue weighted by atomic mass is 10.4. The molecule has 0 spiro atoms. The molecule has 120 valence electrons. The summed E-state index contributed by atoms with van der Waals surface area (Å²) in [4.78, 5) is 0.307. The predicted molar refractivity (Wildman–Crippen MR) is 120 cm³/mol. The van der Waals surface area contributed by atoms with Crippen molar-refractivity contribution in [3.05, 3.63) is 28.7 Å². The summed E-state index contributed by atoms with van der Waals surface area (Å²) < 4.78 is 33.3. The van der Waals surface area contributed by atoms with E-state index in [9.17, 15) is 8.42 Å². The maximum Gasteiger partial charge on any atom is 0.240 e. The molecule has 0 radical (unpaired) electrons. The molecule has 0 amide bonds. The lowest BCUT2D eigenvalue weighted by Crippen LogP contribution is -1.91. The highest BCUT2D eigenvalue weighted by molar-refractivity contribution is 9.53. The zero-order valence-corrected chi connectivity index (χ0v) is 20.0. The minimum atomic E-state index is -3.32. The monoisotopic (exact) mass is 556 g/mol. The Labute approximate surface area is 168 Å². The van der Waals surface area contributed by atoms with Gasteiger partial charge in [-0.25, -0.2) is 8.42 Å². The van der Waals surface area contributed by atoms with E-state index in [1.807, 2.05) is 0 Å². The Morgan fingerprint density at radius 1 is 0.810 bits per heavy atom. The van der Waals surface area contributed by atoms with Gasteiger partial charge in [-0.05, 0) is 24.3 Å². The summed E-state index contributed by atoms with van der Waals surface area (Å²) in [5.41, 5.74) is 0. The Morgan fingerprint density at radius 3 is 1.81 bits per heavy atom. The zero-order valence-electron chi connectivity index (χ0n) is 9.44. The van der Waals surface area contributed by atoms with Crippen molar-refractivity contribution < 1.29 is 13.0 Å². The van der Waals surface area contributed by atoms with Gasteiger partial charge in [0.15, 0.2) is 0 Å². The van der Waals surface area contributed by atoms with Gasteiger partial charge in [0.05, 0.1) is 25.8 Å². The highest BCUT2D eigenvalue weighted by Gasteiger charge is 2.16. The van der Waals surface area contributed by atoms with E-state index in [-0.39, 0.29) is 0 Å². The first-order valence-electron chi connectivity index (χ1n) is 4.40. The molecule has 15 heteroatoms. The fourth-order valence-corrected chi connectivity index (χ4v) is 26.0. The van der Waals surface area contributed by atoms with Crippen molar-refractivity contribution in [1.82, 2.24) is 0 Å². The molecular weight excluding hydrogens is 553 g/mol. The van der Waals surface area contributed by atoms with Gasteiger partial charge in [-0.2, -0.15) is 0 Å². The van der Waals surface area contributed by atoms with E-state index in [1.165, 1.54) is 49.1 Å². The van der Waals surface area contributed by atoms with Gasteiger partial charge in [-0.15, -0.1) is 0 Å². The van der Waals surface area contributed by atoms with E-state index in [2.05, 4.69) is 15.9 Å². The molecule has 0 aliphatic carbocycles. The van der Waals surface area contributed by atoms with Crippen molar-refractivity contribution >= 4 is 124 Å². The fourth-order valence-electron chi connectivity index (χ4n) is 0.769. The van der Waals surface area contributed by atoms with E-state index in [4.69, 9.17) is 4.55 Å². The number of rotatable bonds is 11. The molecular formula is C6H5BrO3S11. The third-order valence-electron chi connectivity index (χ3n) is 1.44. The fraction of sp³-hybridized carbons (Fsp3) is 0. The number of halogens is 1. The van der Waals surface area contributed by atoms with Gasteiger partial charge < -0.3 is 4.55 Å². The van der Waals surface area contributed by atoms with Crippen LogP contribution in [-0.2, 0) is 8.87 Å². The Morgan fingerprint density at radius 2 is 1.29 bits per heavy atom. The summed E-state index contributed by atoms with van der Waals surface area (Å²) in [6, 6.07) is 6.59. The minimum Gasteiger partial charge on any atom is -0.320 e. The number of hydrogen-bond acceptors (Lipinski definition) is 13. The summed E-state index contributed by atoms with van der Waals surface area (Å²) in [5.74, 6) is 0. The minimum absolute atomic E-state index is 0.307. The molecule has 0 aliphatic rings. The van der Waals surface area contributed by atoms with Crippen LogP contribution in [0.1, 0.15) is 0 Å². The Hall–Kier alpha value is 3.11. The highest BCUT2D eigenvalue weighted by Crippen LogP contribution is 2.60. The Bertz CT molecular complexity index is 493. The summed E-state index contributed by atoms with van der Waals surface area (Å²) in [5, 5.41) is 0. The molecule has 0 fully saturated rings. The second kappa shape index (κ2) is 13.3. The number of benzene rings is 1. The Balaban J connectivity index is 2.15. The van der Waals surface area contributed by atoms with Crippen molar-refractivity contribution in [2.45, 2.75) is 4.90 Å². The number of hydrogen-bond donors (Lipinski definition) is 1. The second-order valence-electron chi connectivity index (χ2n) is 2.59. The molecule has 0 bridgehead atoms. The van der Waals surface area contributed by atoms with Crippen LogP contribution in [0.2, 0.25) is 0 Å². The molecule has 1 N–H and O–H groups in total. The predicted octanol–water partition coefficient (Wildman–Crippen LogP) is 8.18. The highest BCUT2D eigenvalue weighted by atomic mass is 79.9. The van der Waals surface area contributed by atoms with Crippen molar-refractivity contribution in [3.8, 4) is 0 Å². The van der Waals surface area contributed by atoms with Crippen molar-refractivity contribution in [1.29, 1.82) is 0 Å². The largest absolute Gasteiger partial charge is 0.320 e. The maximum atomic E-state index is 12.0. The van der Waals surface area contributed by atoms with Crippen LogP contribution < -0.4 is 0 Å². The molecule has 0 heterocycles. The smallest absolute Gasteiger partial charge is 0.240 e. The maximum absolute atomic E-state index is 12.0. The van der Waals surface area contributed by atoms with Crippen LogP contribution in [0.25, 0.3) is 0 Å². The first kappa shape index (κ1) is 22.2. The van der Waals surface area contributed by atoms with Crippen LogP contribution >= 0.6 is 115 Å². The molecule has 0 aromatic heterocycles. The van der Waals surface area contributed by atoms with E-state index in [0.29, 0.717) is 4.90 Å². The van der Waals surface area contributed by atoms with Gasteiger partial charge in [-0.3, -0.25) is 0 Å². The van der Waals surface area contributed by atoms with Gasteiger partial charge in [-0.1, -0.05) is 15.9 Å². The third kappa shape index (κ3) is 10.6. The third-order valence-corrected chi connectivity index (χ3v) is 24.3. The van der Waals surface area contributed by atoms with Crippen LogP contribution in [0.5, 0.6) is 0 Å². The van der Waals surface area contributed by atoms with Gasteiger partial charge in [0.25, 0.3) is 0 Å². The summed E-state index contributed by atoms with van der Waals surface area (Å²) in [7, 11) is 9.09. The van der Waals surface area contributed by atoms with E-state index >= 15 is 0 Å². The van der Waals surface area contributed by atoms with Crippen LogP contribution in [0.15, 0.2) is 33.6 Å². The van der Waals surface area contributed by atoms with Crippen LogP contribution in [-0.4, -0.2) is 13.0 Å². The molecule has 1 rings (SSSR count). The molecule has 1 aromatic carbocycles. The van der Waals surface area contributed by atoms with E-state index in [1.54, 1.807) is 53.7 Å². The SMILES string of the molecule is O=S(=O)(SSSSSSSSSSO)c1ccc(Br)cc1. The van der Waals surface area contributed by atoms with E-state index in [0.717, 1.165) is 25.4 Å². The normalized spacial score (nSPS) is 11.7. The first-order chi connectivity index (χ1) is 10.1. The summed E-state index contributed by atoms with van der Waals surface area (Å²) >= 11 is 4.00. The topological polar surface area (TPSA) is 54.4 Å². The standard InChI is InChI=1S/C6H5BrO3S11/c7-5-1-3-6(4-2-5)21(9,10)20-19-18-17-16-15-14-13-12-11-8/h1-4,8H. The van der Waals surface area contributed by atoms with Gasteiger partial charge >= 0.3 is 0 Å². The lowest BCUT2D eigenvalue weighted by molar-refractivity contribution is 0.611. The van der Waals surface area contributed by atoms with Crippen LogP contribution in [0.3, 0.4) is 0 Å².